The van der Waals surface area contributed by atoms with Gasteiger partial charge in [0.1, 0.15) is 11.3 Å². The number of para-hydroxylation sites is 1. The van der Waals surface area contributed by atoms with Gasteiger partial charge in [-0.25, -0.2) is 0 Å². The van der Waals surface area contributed by atoms with Crippen molar-refractivity contribution in [2.24, 2.45) is 0 Å². The Balaban J connectivity index is 1.60. The molecule has 4 nitrogen and oxygen atoms in total. The van der Waals surface area contributed by atoms with Crippen molar-refractivity contribution in [1.29, 1.82) is 0 Å². The second-order valence-corrected chi connectivity index (χ2v) is 10.4. The van der Waals surface area contributed by atoms with Gasteiger partial charge < -0.3 is 9.88 Å². The molecule has 0 saturated carbocycles. The number of benzene rings is 3. The van der Waals surface area contributed by atoms with Gasteiger partial charge in [0.25, 0.3) is 5.91 Å². The van der Waals surface area contributed by atoms with Crippen molar-refractivity contribution in [2.45, 2.75) is 39.2 Å². The molecule has 1 amide bonds. The molecule has 0 saturated heterocycles. The number of anilines is 1. The van der Waals surface area contributed by atoms with Gasteiger partial charge >= 0.3 is 0 Å². The molecule has 5 aromatic rings. The van der Waals surface area contributed by atoms with Crippen LogP contribution in [-0.2, 0) is 19.4 Å². The SMILES string of the molecule is CCc1ccc(-c2c3c4n(c(-c5ccc(Cl)cc5)cn4c2C(=O)Nc2ccccc2Cl)CCCC3)cc1. The average Bonchev–Trinajstić information content (AvgIpc) is 3.33. The molecule has 0 unspecified atom stereocenters. The molecule has 0 atom stereocenters. The second-order valence-electron chi connectivity index (χ2n) is 9.51. The summed E-state index contributed by atoms with van der Waals surface area (Å²) in [5, 5.41) is 4.30. The Kier molecular flexibility index (Phi) is 6.31. The minimum Gasteiger partial charge on any atom is -0.325 e. The fourth-order valence-electron chi connectivity index (χ4n) is 5.42. The van der Waals surface area contributed by atoms with E-state index < -0.39 is 0 Å². The van der Waals surface area contributed by atoms with Crippen molar-refractivity contribution in [3.63, 3.8) is 0 Å². The number of hydrogen-bond acceptors (Lipinski definition) is 1. The third-order valence-electron chi connectivity index (χ3n) is 7.26. The van der Waals surface area contributed by atoms with E-state index in [0.29, 0.717) is 21.4 Å². The molecule has 6 heteroatoms. The quantitative estimate of drug-likeness (QED) is 0.244. The number of hydrogen-bond donors (Lipinski definition) is 1. The maximum absolute atomic E-state index is 14.0. The first kappa shape index (κ1) is 23.9. The van der Waals surface area contributed by atoms with Crippen LogP contribution in [-0.4, -0.2) is 14.9 Å². The molecule has 0 spiro atoms. The predicted molar refractivity (Wildman–Crippen MR) is 153 cm³/mol. The Morgan fingerprint density at radius 2 is 1.65 bits per heavy atom. The van der Waals surface area contributed by atoms with Crippen molar-refractivity contribution in [2.75, 3.05) is 5.32 Å². The van der Waals surface area contributed by atoms with Crippen LogP contribution in [0.2, 0.25) is 10.0 Å². The van der Waals surface area contributed by atoms with Gasteiger partial charge in [-0.15, -0.1) is 0 Å². The summed E-state index contributed by atoms with van der Waals surface area (Å²) in [5.74, 6) is -0.177. The maximum atomic E-state index is 14.0. The molecule has 1 N–H and O–H groups in total. The Morgan fingerprint density at radius 3 is 2.38 bits per heavy atom. The van der Waals surface area contributed by atoms with Crippen LogP contribution >= 0.6 is 23.2 Å². The zero-order valence-corrected chi connectivity index (χ0v) is 22.1. The van der Waals surface area contributed by atoms with Gasteiger partial charge in [-0.05, 0) is 66.6 Å². The molecule has 0 radical (unpaired) electrons. The maximum Gasteiger partial charge on any atom is 0.273 e. The minimum atomic E-state index is -0.177. The number of nitrogens with one attached hydrogen (secondary N) is 1. The highest BCUT2D eigenvalue weighted by Gasteiger charge is 2.29. The first-order chi connectivity index (χ1) is 18.0. The summed E-state index contributed by atoms with van der Waals surface area (Å²) in [5.41, 5.74) is 9.01. The number of nitrogens with zero attached hydrogens (tertiary/aromatic N) is 2. The van der Waals surface area contributed by atoms with E-state index in [2.05, 4.69) is 51.7 Å². The lowest BCUT2D eigenvalue weighted by molar-refractivity contribution is 0.102. The van der Waals surface area contributed by atoms with Crippen molar-refractivity contribution in [3.05, 3.63) is 106 Å². The van der Waals surface area contributed by atoms with Crippen molar-refractivity contribution < 1.29 is 4.79 Å². The molecular weight excluding hydrogens is 501 g/mol. The number of imidazole rings is 1. The molecule has 1 aliphatic heterocycles. The number of aryl methyl sites for hydroxylation is 3. The van der Waals surface area contributed by atoms with E-state index in [4.69, 9.17) is 23.2 Å². The number of aromatic nitrogens is 2. The predicted octanol–water partition coefficient (Wildman–Crippen LogP) is 8.53. The van der Waals surface area contributed by atoms with E-state index in [1.54, 1.807) is 6.07 Å². The molecule has 186 valence electrons. The monoisotopic (exact) mass is 527 g/mol. The summed E-state index contributed by atoms with van der Waals surface area (Å²) in [6.07, 6.45) is 6.12. The van der Waals surface area contributed by atoms with Crippen molar-refractivity contribution >= 4 is 40.4 Å². The van der Waals surface area contributed by atoms with E-state index in [1.807, 2.05) is 42.5 Å². The smallest absolute Gasteiger partial charge is 0.273 e. The highest BCUT2D eigenvalue weighted by Crippen LogP contribution is 2.40. The van der Waals surface area contributed by atoms with Crippen LogP contribution in [0.4, 0.5) is 5.69 Å². The standard InChI is InChI=1S/C31H27Cl2N3O/c1-2-20-10-12-22(13-11-20)28-24-7-5-6-18-35-27(21-14-16-23(32)17-15-21)19-36(31(24)35)29(28)30(37)34-26-9-4-3-8-25(26)33/h3-4,8-17,19H,2,5-7,18H2,1H3,(H,34,37). The minimum absolute atomic E-state index is 0.177. The second kappa shape index (κ2) is 9.77. The lowest BCUT2D eigenvalue weighted by Gasteiger charge is -2.11. The lowest BCUT2D eigenvalue weighted by Crippen LogP contribution is -2.15. The third kappa shape index (κ3) is 4.24. The van der Waals surface area contributed by atoms with Gasteiger partial charge in [-0.1, -0.05) is 78.7 Å². The van der Waals surface area contributed by atoms with Gasteiger partial charge in [-0.2, -0.15) is 0 Å². The number of carbonyl (C=O) groups excluding carboxylic acids is 1. The van der Waals surface area contributed by atoms with Gasteiger partial charge in [0, 0.05) is 28.9 Å². The van der Waals surface area contributed by atoms with Gasteiger partial charge in [0.05, 0.1) is 16.4 Å². The third-order valence-corrected chi connectivity index (χ3v) is 7.84. The summed E-state index contributed by atoms with van der Waals surface area (Å²) >= 11 is 12.6. The zero-order valence-electron chi connectivity index (χ0n) is 20.6. The molecule has 6 rings (SSSR count). The highest BCUT2D eigenvalue weighted by atomic mass is 35.5. The van der Waals surface area contributed by atoms with Gasteiger partial charge in [0.15, 0.2) is 0 Å². The Labute approximate surface area is 226 Å². The largest absolute Gasteiger partial charge is 0.325 e. The van der Waals surface area contributed by atoms with Crippen LogP contribution in [0.1, 0.15) is 41.4 Å². The molecule has 0 aliphatic carbocycles. The lowest BCUT2D eigenvalue weighted by atomic mass is 9.96. The fraction of sp³-hybridized carbons (Fsp3) is 0.194. The van der Waals surface area contributed by atoms with Gasteiger partial charge in [0.2, 0.25) is 0 Å². The summed E-state index contributed by atoms with van der Waals surface area (Å²) in [4.78, 5) is 14.0. The zero-order chi connectivity index (χ0) is 25.5. The molecule has 0 fully saturated rings. The first-order valence-corrected chi connectivity index (χ1v) is 13.5. The van der Waals surface area contributed by atoms with E-state index >= 15 is 0 Å². The number of rotatable bonds is 5. The van der Waals surface area contributed by atoms with E-state index in [-0.39, 0.29) is 5.91 Å². The molecule has 2 aromatic heterocycles. The summed E-state index contributed by atoms with van der Waals surface area (Å²) < 4.78 is 4.45. The molecule has 3 heterocycles. The molecule has 0 bridgehead atoms. The van der Waals surface area contributed by atoms with Crippen LogP contribution in [0, 0.1) is 0 Å². The average molecular weight is 528 g/mol. The van der Waals surface area contributed by atoms with Crippen LogP contribution in [0.15, 0.2) is 79.0 Å². The molecule has 3 aromatic carbocycles. The Morgan fingerprint density at radius 1 is 0.919 bits per heavy atom. The van der Waals surface area contributed by atoms with E-state index in [1.165, 1.54) is 11.1 Å². The summed E-state index contributed by atoms with van der Waals surface area (Å²) in [7, 11) is 0. The van der Waals surface area contributed by atoms with Crippen LogP contribution < -0.4 is 5.32 Å². The number of halogens is 2. The van der Waals surface area contributed by atoms with Crippen LogP contribution in [0.3, 0.4) is 0 Å². The molecule has 1 aliphatic rings. The van der Waals surface area contributed by atoms with Crippen molar-refractivity contribution in [3.8, 4) is 22.4 Å². The first-order valence-electron chi connectivity index (χ1n) is 12.7. The summed E-state index contributed by atoms with van der Waals surface area (Å²) in [6, 6.07) is 23.9. The highest BCUT2D eigenvalue weighted by molar-refractivity contribution is 6.34. The number of amides is 1. The number of carbonyl (C=O) groups is 1. The van der Waals surface area contributed by atoms with Gasteiger partial charge in [-0.3, -0.25) is 9.20 Å². The molecular formula is C31H27Cl2N3O. The normalized spacial score (nSPS) is 13.1. The van der Waals surface area contributed by atoms with E-state index in [0.717, 1.165) is 60.3 Å². The Bertz CT molecular complexity index is 1610. The van der Waals surface area contributed by atoms with Crippen LogP contribution in [0.25, 0.3) is 28.0 Å². The fourth-order valence-corrected chi connectivity index (χ4v) is 5.73. The Hall–Kier alpha value is -3.47. The van der Waals surface area contributed by atoms with Crippen LogP contribution in [0.5, 0.6) is 0 Å². The molecule has 37 heavy (non-hydrogen) atoms. The van der Waals surface area contributed by atoms with E-state index in [9.17, 15) is 4.79 Å². The van der Waals surface area contributed by atoms with Crippen molar-refractivity contribution in [1.82, 2.24) is 8.97 Å². The summed E-state index contributed by atoms with van der Waals surface area (Å²) in [6.45, 7) is 3.05. The topological polar surface area (TPSA) is 38.4 Å².